The van der Waals surface area contributed by atoms with Gasteiger partial charge in [-0.15, -0.1) is 0 Å². The number of Topliss-reactive ketones (excluding diaryl/α,β-unsaturated/α-hetero) is 2. The van der Waals surface area contributed by atoms with Crippen LogP contribution in [0.4, 0.5) is 0 Å². The maximum Gasteiger partial charge on any atom is 0.190 e. The number of phenols is 3. The molecule has 0 saturated carbocycles. The van der Waals surface area contributed by atoms with Crippen molar-refractivity contribution in [2.45, 2.75) is 18.3 Å². The Hall–Kier alpha value is -4.45. The lowest BCUT2D eigenvalue weighted by Crippen LogP contribution is -2.42. The van der Waals surface area contributed by atoms with Crippen LogP contribution in [0.15, 0.2) is 60.7 Å². The van der Waals surface area contributed by atoms with Gasteiger partial charge in [0.2, 0.25) is 0 Å². The molecule has 0 fully saturated rings. The summed E-state index contributed by atoms with van der Waals surface area (Å²) in [6.07, 6.45) is 3.09. The zero-order valence-corrected chi connectivity index (χ0v) is 18.3. The SMILES string of the molecule is O=C1C[C@H]2CC(=O)c3c(O)cccc3[C@@]23C(=C2C=CC(=O)c4c(O)ccc3c42)c2cccc(O)c21. The fraction of sp³-hybridized carbons (Fsp3) is 0.138. The van der Waals surface area contributed by atoms with Crippen molar-refractivity contribution in [1.29, 1.82) is 0 Å². The third-order valence-electron chi connectivity index (χ3n) is 8.00. The van der Waals surface area contributed by atoms with Crippen LogP contribution in [0.25, 0.3) is 11.1 Å². The predicted molar refractivity (Wildman–Crippen MR) is 127 cm³/mol. The number of hydrogen-bond donors (Lipinski definition) is 3. The fourth-order valence-corrected chi connectivity index (χ4v) is 6.85. The van der Waals surface area contributed by atoms with Gasteiger partial charge in [0.25, 0.3) is 0 Å². The van der Waals surface area contributed by atoms with Crippen LogP contribution in [0.2, 0.25) is 0 Å². The van der Waals surface area contributed by atoms with Crippen LogP contribution >= 0.6 is 0 Å². The standard InChI is InChI=1S/C29H18O6/c30-18-5-1-3-14-25(18)22(34)11-13-12-23(35)26-16(4-2-6-19(26)31)29(13)17-8-10-21(33)27-20(32)9-7-15(24(17)27)28(14)29/h1-10,13,30-31,33H,11-12H2/t13-,29-/m0/s1. The zero-order valence-electron chi connectivity index (χ0n) is 18.3. The minimum Gasteiger partial charge on any atom is -0.507 e. The van der Waals surface area contributed by atoms with E-state index >= 15 is 0 Å². The van der Waals surface area contributed by atoms with Gasteiger partial charge in [-0.2, -0.15) is 0 Å². The van der Waals surface area contributed by atoms with Gasteiger partial charge in [0.1, 0.15) is 17.2 Å². The molecule has 2 atom stereocenters. The van der Waals surface area contributed by atoms with Crippen molar-refractivity contribution >= 4 is 28.5 Å². The molecule has 4 aliphatic carbocycles. The Bertz CT molecular complexity index is 1640. The largest absolute Gasteiger partial charge is 0.507 e. The normalized spacial score (nSPS) is 23.3. The Balaban J connectivity index is 1.76. The lowest BCUT2D eigenvalue weighted by molar-refractivity contribution is 0.0883. The number of benzene rings is 3. The monoisotopic (exact) mass is 462 g/mol. The van der Waals surface area contributed by atoms with E-state index < -0.39 is 11.3 Å². The Kier molecular flexibility index (Phi) is 3.63. The number of carbonyl (C=O) groups excluding carboxylic acids is 3. The van der Waals surface area contributed by atoms with E-state index in [-0.39, 0.29) is 64.1 Å². The van der Waals surface area contributed by atoms with Gasteiger partial charge in [-0.3, -0.25) is 14.4 Å². The van der Waals surface area contributed by atoms with Crippen molar-refractivity contribution in [3.8, 4) is 17.2 Å². The third kappa shape index (κ3) is 2.17. The molecule has 6 heteroatoms. The molecule has 3 N–H and O–H groups in total. The first-order valence-electron chi connectivity index (χ1n) is 11.4. The number of phenolic OH excluding ortho intramolecular Hbond substituents is 3. The van der Waals surface area contributed by atoms with Crippen LogP contribution in [0.3, 0.4) is 0 Å². The lowest BCUT2D eigenvalue weighted by Gasteiger charge is -2.44. The summed E-state index contributed by atoms with van der Waals surface area (Å²) in [5.41, 5.74) is 3.26. The van der Waals surface area contributed by atoms with Gasteiger partial charge in [-0.05, 0) is 58.0 Å². The average Bonchev–Trinajstić information content (AvgIpc) is 3.05. The number of fused-ring (bicyclic) bond motifs is 3. The minimum absolute atomic E-state index is 0.00446. The highest BCUT2D eigenvalue weighted by molar-refractivity contribution is 6.23. The van der Waals surface area contributed by atoms with Gasteiger partial charge in [0.15, 0.2) is 17.3 Å². The van der Waals surface area contributed by atoms with Crippen LogP contribution in [-0.4, -0.2) is 32.7 Å². The first-order valence-corrected chi connectivity index (χ1v) is 11.4. The van der Waals surface area contributed by atoms with Gasteiger partial charge in [-0.25, -0.2) is 0 Å². The molecule has 0 saturated heterocycles. The first-order chi connectivity index (χ1) is 16.9. The molecule has 0 aliphatic heterocycles. The summed E-state index contributed by atoms with van der Waals surface area (Å²) in [7, 11) is 0. The maximum absolute atomic E-state index is 13.5. The molecule has 0 aromatic heterocycles. The summed E-state index contributed by atoms with van der Waals surface area (Å²) in [4.78, 5) is 39.8. The van der Waals surface area contributed by atoms with Crippen LogP contribution in [0.1, 0.15) is 66.2 Å². The van der Waals surface area contributed by atoms with E-state index in [1.807, 2.05) is 0 Å². The van der Waals surface area contributed by atoms with Gasteiger partial charge < -0.3 is 15.3 Å². The first kappa shape index (κ1) is 20.0. The number of hydrogen-bond acceptors (Lipinski definition) is 6. The summed E-state index contributed by atoms with van der Waals surface area (Å²) in [6, 6.07) is 13.1. The molecule has 0 heterocycles. The Morgan fingerprint density at radius 1 is 0.657 bits per heavy atom. The van der Waals surface area contributed by atoms with Crippen LogP contribution in [0.5, 0.6) is 17.2 Å². The van der Waals surface area contributed by atoms with Gasteiger partial charge in [0.05, 0.1) is 22.1 Å². The third-order valence-corrected chi connectivity index (χ3v) is 8.00. The molecule has 0 radical (unpaired) electrons. The molecule has 6 nitrogen and oxygen atoms in total. The molecule has 1 spiro atoms. The minimum atomic E-state index is -1.04. The predicted octanol–water partition coefficient (Wildman–Crippen LogP) is 4.56. The summed E-state index contributed by atoms with van der Waals surface area (Å²) >= 11 is 0. The number of carbonyl (C=O) groups is 3. The van der Waals surface area contributed by atoms with E-state index in [1.165, 1.54) is 24.3 Å². The van der Waals surface area contributed by atoms with Crippen molar-refractivity contribution < 1.29 is 29.7 Å². The Labute approximate surface area is 199 Å². The Morgan fingerprint density at radius 2 is 1.29 bits per heavy atom. The highest BCUT2D eigenvalue weighted by Crippen LogP contribution is 2.66. The molecule has 3 aromatic carbocycles. The summed E-state index contributed by atoms with van der Waals surface area (Å²) in [5, 5.41) is 32.2. The smallest absolute Gasteiger partial charge is 0.190 e. The summed E-state index contributed by atoms with van der Waals surface area (Å²) in [6.45, 7) is 0. The number of aromatic hydroxyl groups is 3. The molecular weight excluding hydrogens is 444 g/mol. The lowest BCUT2D eigenvalue weighted by atomic mass is 9.56. The number of ketones is 3. The molecule has 0 amide bonds. The van der Waals surface area contributed by atoms with Gasteiger partial charge in [-0.1, -0.05) is 36.4 Å². The maximum atomic E-state index is 13.5. The second kappa shape index (κ2) is 6.36. The molecule has 0 unspecified atom stereocenters. The van der Waals surface area contributed by atoms with Crippen LogP contribution in [0, 0.1) is 5.92 Å². The van der Waals surface area contributed by atoms with Crippen molar-refractivity contribution in [2.75, 3.05) is 0 Å². The number of rotatable bonds is 0. The molecule has 3 aromatic rings. The second-order valence-corrected chi connectivity index (χ2v) is 9.53. The topological polar surface area (TPSA) is 112 Å². The zero-order chi connectivity index (χ0) is 24.2. The average molecular weight is 462 g/mol. The van der Waals surface area contributed by atoms with Crippen molar-refractivity contribution in [3.05, 3.63) is 99.6 Å². The molecular formula is C29H18O6. The van der Waals surface area contributed by atoms with Gasteiger partial charge >= 0.3 is 0 Å². The van der Waals surface area contributed by atoms with E-state index in [2.05, 4.69) is 0 Å². The van der Waals surface area contributed by atoms with Crippen LogP contribution in [-0.2, 0) is 5.41 Å². The molecule has 0 bridgehead atoms. The number of allylic oxidation sites excluding steroid dienone is 4. The van der Waals surface area contributed by atoms with Gasteiger partial charge in [0, 0.05) is 18.4 Å². The Morgan fingerprint density at radius 3 is 2.06 bits per heavy atom. The summed E-state index contributed by atoms with van der Waals surface area (Å²) in [5.74, 6) is -1.80. The van der Waals surface area contributed by atoms with Crippen molar-refractivity contribution in [1.82, 2.24) is 0 Å². The van der Waals surface area contributed by atoms with E-state index in [1.54, 1.807) is 36.4 Å². The molecule has 4 aliphatic rings. The quantitative estimate of drug-likeness (QED) is 0.452. The molecule has 170 valence electrons. The van der Waals surface area contributed by atoms with E-state index in [4.69, 9.17) is 0 Å². The van der Waals surface area contributed by atoms with E-state index in [9.17, 15) is 29.7 Å². The van der Waals surface area contributed by atoms with Crippen molar-refractivity contribution in [3.63, 3.8) is 0 Å². The highest BCUT2D eigenvalue weighted by atomic mass is 16.3. The summed E-state index contributed by atoms with van der Waals surface area (Å²) < 4.78 is 0. The molecule has 7 rings (SSSR count). The van der Waals surface area contributed by atoms with Crippen LogP contribution < -0.4 is 0 Å². The van der Waals surface area contributed by atoms with E-state index in [0.29, 0.717) is 33.4 Å². The van der Waals surface area contributed by atoms with E-state index in [0.717, 1.165) is 0 Å². The second-order valence-electron chi connectivity index (χ2n) is 9.53. The fourth-order valence-electron chi connectivity index (χ4n) is 6.85. The highest BCUT2D eigenvalue weighted by Gasteiger charge is 2.59. The molecule has 35 heavy (non-hydrogen) atoms. The van der Waals surface area contributed by atoms with Crippen molar-refractivity contribution in [2.24, 2.45) is 5.92 Å².